The van der Waals surface area contributed by atoms with Crippen molar-refractivity contribution in [1.29, 1.82) is 0 Å². The van der Waals surface area contributed by atoms with Crippen molar-refractivity contribution in [2.75, 3.05) is 45.9 Å². The Kier molecular flexibility index (Phi) is 9.57. The fourth-order valence-electron chi connectivity index (χ4n) is 6.33. The Morgan fingerprint density at radius 3 is 2.67 bits per heavy atom. The Labute approximate surface area is 268 Å². The molecule has 0 aliphatic carbocycles. The van der Waals surface area contributed by atoms with E-state index in [0.717, 1.165) is 49.8 Å². The number of halogens is 3. The highest BCUT2D eigenvalue weighted by Crippen LogP contribution is 2.34. The van der Waals surface area contributed by atoms with Gasteiger partial charge in [0.05, 0.1) is 24.9 Å². The third-order valence-corrected chi connectivity index (χ3v) is 9.64. The van der Waals surface area contributed by atoms with Gasteiger partial charge < -0.3 is 25.0 Å². The predicted molar refractivity (Wildman–Crippen MR) is 169 cm³/mol. The second kappa shape index (κ2) is 13.6. The molecule has 9 nitrogen and oxygen atoms in total. The maximum absolute atomic E-state index is 13.0. The summed E-state index contributed by atoms with van der Waals surface area (Å²) in [7, 11) is 0. The highest BCUT2D eigenvalue weighted by atomic mass is 32.1. The minimum Gasteiger partial charge on any atom is -0.387 e. The molecule has 2 aromatic carbocycles. The summed E-state index contributed by atoms with van der Waals surface area (Å²) in [6, 6.07) is 17.2. The van der Waals surface area contributed by atoms with Crippen LogP contribution >= 0.6 is 11.3 Å². The number of likely N-dealkylation sites (tertiary alicyclic amines) is 1. The monoisotopic (exact) mass is 655 g/mol. The first-order valence-corrected chi connectivity index (χ1v) is 16.2. The van der Waals surface area contributed by atoms with E-state index < -0.39 is 28.8 Å². The first-order valence-electron chi connectivity index (χ1n) is 15.4. The second-order valence-electron chi connectivity index (χ2n) is 12.0. The molecule has 0 bridgehead atoms. The van der Waals surface area contributed by atoms with Gasteiger partial charge in [0.2, 0.25) is 5.56 Å². The van der Waals surface area contributed by atoms with Crippen LogP contribution in [0.4, 0.5) is 13.2 Å². The minimum absolute atomic E-state index is 0.165. The number of thiazole rings is 1. The van der Waals surface area contributed by atoms with Crippen LogP contribution in [0.5, 0.6) is 0 Å². The zero-order valence-corrected chi connectivity index (χ0v) is 26.0. The smallest absolute Gasteiger partial charge is 0.387 e. The summed E-state index contributed by atoms with van der Waals surface area (Å²) < 4.78 is 45.1. The summed E-state index contributed by atoms with van der Waals surface area (Å²) in [6.07, 6.45) is -3.03. The van der Waals surface area contributed by atoms with Gasteiger partial charge in [-0.1, -0.05) is 36.4 Å². The predicted octanol–water partition coefficient (Wildman–Crippen LogP) is 4.38. The van der Waals surface area contributed by atoms with E-state index in [1.165, 1.54) is 22.6 Å². The van der Waals surface area contributed by atoms with E-state index in [4.69, 9.17) is 4.74 Å². The highest BCUT2D eigenvalue weighted by Gasteiger charge is 2.42. The summed E-state index contributed by atoms with van der Waals surface area (Å²) in [5.74, 6) is -0.483. The lowest BCUT2D eigenvalue weighted by Crippen LogP contribution is -2.58. The summed E-state index contributed by atoms with van der Waals surface area (Å²) in [5, 5.41) is 15.1. The van der Waals surface area contributed by atoms with Crippen LogP contribution in [0.3, 0.4) is 0 Å². The largest absolute Gasteiger partial charge is 0.443 e. The number of nitrogens with one attached hydrogen (secondary N) is 2. The summed E-state index contributed by atoms with van der Waals surface area (Å²) in [6.45, 7) is 4.44. The van der Waals surface area contributed by atoms with Crippen LogP contribution in [0.15, 0.2) is 64.8 Å². The number of aromatic amines is 1. The molecular weight excluding hydrogens is 619 g/mol. The molecule has 4 heterocycles. The Hall–Kier alpha value is -3.62. The molecule has 1 unspecified atom stereocenters. The van der Waals surface area contributed by atoms with Crippen LogP contribution in [0, 0.1) is 0 Å². The van der Waals surface area contributed by atoms with Gasteiger partial charge in [0.25, 0.3) is 5.91 Å². The number of ether oxygens (including phenoxy) is 1. The van der Waals surface area contributed by atoms with Gasteiger partial charge in [0, 0.05) is 55.1 Å². The number of pyridine rings is 1. The van der Waals surface area contributed by atoms with Crippen molar-refractivity contribution in [2.24, 2.45) is 0 Å². The second-order valence-corrected chi connectivity index (χ2v) is 12.8. The van der Waals surface area contributed by atoms with Crippen molar-refractivity contribution >= 4 is 28.1 Å². The fourth-order valence-corrected chi connectivity index (χ4v) is 6.99. The van der Waals surface area contributed by atoms with E-state index in [1.54, 1.807) is 11.0 Å². The van der Waals surface area contributed by atoms with Gasteiger partial charge in [-0.3, -0.25) is 14.5 Å². The number of carbonyl (C=O) groups excluding carboxylic acids is 1. The topological polar surface area (TPSA) is 111 Å². The Morgan fingerprint density at radius 1 is 1.11 bits per heavy atom. The average Bonchev–Trinajstić information content (AvgIpc) is 3.55. The highest BCUT2D eigenvalue weighted by molar-refractivity contribution is 7.10. The molecule has 2 fully saturated rings. The number of fused-ring (bicyclic) bond motifs is 1. The number of alkyl halides is 3. The summed E-state index contributed by atoms with van der Waals surface area (Å²) >= 11 is 0.440. The van der Waals surface area contributed by atoms with Gasteiger partial charge in [-0.05, 0) is 54.6 Å². The molecule has 0 radical (unpaired) electrons. The Bertz CT molecular complexity index is 1730. The number of hydrogen-bond donors (Lipinski definition) is 3. The van der Waals surface area contributed by atoms with E-state index in [1.807, 2.05) is 18.2 Å². The summed E-state index contributed by atoms with van der Waals surface area (Å²) in [4.78, 5) is 34.9. The lowest BCUT2D eigenvalue weighted by Gasteiger charge is -2.47. The first-order chi connectivity index (χ1) is 22.1. The molecule has 2 aliphatic rings. The van der Waals surface area contributed by atoms with Crippen molar-refractivity contribution in [3.05, 3.63) is 97.7 Å². The van der Waals surface area contributed by atoms with Crippen LogP contribution in [0.25, 0.3) is 10.9 Å². The van der Waals surface area contributed by atoms with Crippen molar-refractivity contribution in [3.8, 4) is 0 Å². The molecular formula is C33H36F3N5O4S. The normalized spacial score (nSPS) is 17.9. The van der Waals surface area contributed by atoms with Crippen LogP contribution in [-0.2, 0) is 23.9 Å². The minimum atomic E-state index is -4.56. The molecule has 3 N–H and O–H groups in total. The molecule has 4 aromatic rings. The number of aliphatic hydroxyl groups is 1. The third kappa shape index (κ3) is 7.50. The van der Waals surface area contributed by atoms with Gasteiger partial charge >= 0.3 is 6.18 Å². The zero-order chi connectivity index (χ0) is 32.3. The number of hydrogen-bond acceptors (Lipinski definition) is 8. The van der Waals surface area contributed by atoms with Crippen LogP contribution in [0.1, 0.15) is 51.1 Å². The number of aromatic nitrogens is 2. The fraction of sp³-hybridized carbons (Fsp3) is 0.424. The molecule has 6 rings (SSSR count). The molecule has 2 saturated heterocycles. The molecule has 244 valence electrons. The van der Waals surface area contributed by atoms with Gasteiger partial charge in [-0.2, -0.15) is 13.2 Å². The van der Waals surface area contributed by atoms with Gasteiger partial charge in [-0.15, -0.1) is 11.3 Å². The van der Waals surface area contributed by atoms with Crippen LogP contribution in [-0.4, -0.2) is 82.3 Å². The molecule has 2 aliphatic heterocycles. The van der Waals surface area contributed by atoms with E-state index in [9.17, 15) is 27.9 Å². The Morgan fingerprint density at radius 2 is 1.89 bits per heavy atom. The standard InChI is InChI=1S/C33H36F3N5O4S/c34-33(35,36)31-39-27(20-46-31)30(44)41-15-16-45-32(21-41)10-13-40(14-11-32)19-23-4-1-3-22(17-23)9-12-37-18-28(42)25-5-2-6-26-24(25)7-8-29(43)38-26/h1-8,17,20,28,37,42H,9-16,18-19,21H2,(H,38,43). The number of aliphatic hydroxyl groups excluding tert-OH is 1. The number of carbonyl (C=O) groups is 1. The molecule has 1 atom stereocenters. The number of rotatable bonds is 9. The molecule has 1 spiro atoms. The average molecular weight is 656 g/mol. The number of benzene rings is 2. The van der Waals surface area contributed by atoms with Crippen molar-refractivity contribution in [1.82, 2.24) is 25.1 Å². The number of amides is 1. The maximum Gasteiger partial charge on any atom is 0.443 e. The van der Waals surface area contributed by atoms with E-state index in [2.05, 4.69) is 44.5 Å². The van der Waals surface area contributed by atoms with Crippen LogP contribution in [0.2, 0.25) is 0 Å². The van der Waals surface area contributed by atoms with Gasteiger partial charge in [0.15, 0.2) is 5.01 Å². The third-order valence-electron chi connectivity index (χ3n) is 8.75. The van der Waals surface area contributed by atoms with E-state index in [-0.39, 0.29) is 11.3 Å². The quantitative estimate of drug-likeness (QED) is 0.230. The van der Waals surface area contributed by atoms with E-state index >= 15 is 0 Å². The van der Waals surface area contributed by atoms with Gasteiger partial charge in [-0.25, -0.2) is 4.98 Å². The molecule has 13 heteroatoms. The van der Waals surface area contributed by atoms with Crippen molar-refractivity contribution in [2.45, 2.75) is 43.7 Å². The number of morpholine rings is 1. The molecule has 2 aromatic heterocycles. The van der Waals surface area contributed by atoms with Crippen molar-refractivity contribution in [3.63, 3.8) is 0 Å². The lowest BCUT2D eigenvalue weighted by atomic mass is 9.89. The number of nitrogens with zero attached hydrogens (tertiary/aromatic N) is 3. The lowest BCUT2D eigenvalue weighted by molar-refractivity contribution is -0.137. The SMILES string of the molecule is O=C(c1csc(C(F)(F)F)n1)N1CCOC2(CCN(Cc3cccc(CCNCC(O)c4cccc5[nH]c(=O)ccc45)c3)CC2)C1. The van der Waals surface area contributed by atoms with Crippen LogP contribution < -0.4 is 10.9 Å². The number of H-pyrrole nitrogens is 1. The van der Waals surface area contributed by atoms with Gasteiger partial charge in [0.1, 0.15) is 5.69 Å². The Balaban J connectivity index is 0.967. The summed E-state index contributed by atoms with van der Waals surface area (Å²) in [5.41, 5.74) is 3.01. The number of piperidine rings is 1. The maximum atomic E-state index is 13.0. The first kappa shape index (κ1) is 32.3. The molecule has 0 saturated carbocycles. The zero-order valence-electron chi connectivity index (χ0n) is 25.2. The van der Waals surface area contributed by atoms with E-state index in [0.29, 0.717) is 49.6 Å². The van der Waals surface area contributed by atoms with Crippen molar-refractivity contribution < 1.29 is 27.8 Å². The molecule has 1 amide bonds. The molecule has 46 heavy (non-hydrogen) atoms.